The standard InChI is InChI=1S/C9H8N4OS/c14-9(11-8-5-10-13-12-8)6-3-1-2-4-7(6)15/h1-5,15H,(H2,10,11,12,13,14). The predicted octanol–water partition coefficient (Wildman–Crippen LogP) is 1.35. The van der Waals surface area contributed by atoms with E-state index >= 15 is 0 Å². The normalized spacial score (nSPS) is 9.93. The molecule has 1 aromatic carbocycles. The Morgan fingerprint density at radius 1 is 1.40 bits per heavy atom. The number of aromatic nitrogens is 3. The van der Waals surface area contributed by atoms with E-state index in [9.17, 15) is 4.79 Å². The number of hydrogen-bond donors (Lipinski definition) is 3. The number of aromatic amines is 1. The summed E-state index contributed by atoms with van der Waals surface area (Å²) in [6.07, 6.45) is 1.43. The highest BCUT2D eigenvalue weighted by molar-refractivity contribution is 7.80. The fraction of sp³-hybridized carbons (Fsp3) is 0. The number of carbonyl (C=O) groups is 1. The summed E-state index contributed by atoms with van der Waals surface area (Å²) in [6.45, 7) is 0. The summed E-state index contributed by atoms with van der Waals surface area (Å²) >= 11 is 4.18. The van der Waals surface area contributed by atoms with Gasteiger partial charge >= 0.3 is 0 Å². The van der Waals surface area contributed by atoms with Crippen LogP contribution in [0.25, 0.3) is 0 Å². The van der Waals surface area contributed by atoms with Crippen molar-refractivity contribution in [1.82, 2.24) is 15.4 Å². The fourth-order valence-corrected chi connectivity index (χ4v) is 1.37. The molecule has 0 atom stereocenters. The van der Waals surface area contributed by atoms with Crippen molar-refractivity contribution in [3.63, 3.8) is 0 Å². The molecule has 5 nitrogen and oxygen atoms in total. The van der Waals surface area contributed by atoms with Crippen LogP contribution < -0.4 is 5.32 Å². The maximum absolute atomic E-state index is 11.7. The van der Waals surface area contributed by atoms with Crippen LogP contribution in [0.1, 0.15) is 10.4 Å². The molecule has 0 aliphatic carbocycles. The van der Waals surface area contributed by atoms with Gasteiger partial charge in [-0.1, -0.05) is 12.1 Å². The molecule has 0 aliphatic heterocycles. The van der Waals surface area contributed by atoms with Crippen LogP contribution in [0.3, 0.4) is 0 Å². The second-order valence-corrected chi connectivity index (χ2v) is 3.31. The number of rotatable bonds is 2. The van der Waals surface area contributed by atoms with Crippen LogP contribution in [0, 0.1) is 0 Å². The molecule has 0 radical (unpaired) electrons. The van der Waals surface area contributed by atoms with Crippen molar-refractivity contribution in [2.24, 2.45) is 0 Å². The number of nitrogens with zero attached hydrogens (tertiary/aromatic N) is 2. The number of hydrogen-bond acceptors (Lipinski definition) is 4. The molecule has 0 saturated carbocycles. The minimum absolute atomic E-state index is 0.255. The maximum Gasteiger partial charge on any atom is 0.258 e. The third-order valence-corrected chi connectivity index (χ3v) is 2.20. The van der Waals surface area contributed by atoms with E-state index in [4.69, 9.17) is 0 Å². The maximum atomic E-state index is 11.7. The van der Waals surface area contributed by atoms with Crippen molar-refractivity contribution in [3.05, 3.63) is 36.0 Å². The summed E-state index contributed by atoms with van der Waals surface area (Å²) in [5.74, 6) is 0.131. The largest absolute Gasteiger partial charge is 0.304 e. The second-order valence-electron chi connectivity index (χ2n) is 2.83. The first-order valence-electron chi connectivity index (χ1n) is 4.22. The summed E-state index contributed by atoms with van der Waals surface area (Å²) in [4.78, 5) is 12.3. The Morgan fingerprint density at radius 3 is 2.87 bits per heavy atom. The van der Waals surface area contributed by atoms with Gasteiger partial charge in [0.15, 0.2) is 5.82 Å². The SMILES string of the molecule is O=C(Nc1cn[nH]n1)c1ccccc1S. The van der Waals surface area contributed by atoms with E-state index in [2.05, 4.69) is 33.4 Å². The molecular formula is C9H8N4OS. The van der Waals surface area contributed by atoms with Crippen molar-refractivity contribution in [2.45, 2.75) is 4.90 Å². The van der Waals surface area contributed by atoms with E-state index in [1.165, 1.54) is 6.20 Å². The van der Waals surface area contributed by atoms with Gasteiger partial charge in [0.1, 0.15) is 0 Å². The molecule has 1 aromatic heterocycles. The van der Waals surface area contributed by atoms with Gasteiger partial charge in [0.25, 0.3) is 5.91 Å². The lowest BCUT2D eigenvalue weighted by Gasteiger charge is -2.03. The summed E-state index contributed by atoms with van der Waals surface area (Å²) < 4.78 is 0. The van der Waals surface area contributed by atoms with Crippen molar-refractivity contribution in [2.75, 3.05) is 5.32 Å². The molecule has 1 heterocycles. The topological polar surface area (TPSA) is 70.7 Å². The third-order valence-electron chi connectivity index (χ3n) is 1.81. The number of H-pyrrole nitrogens is 1. The van der Waals surface area contributed by atoms with E-state index in [0.717, 1.165) is 0 Å². The molecule has 0 aliphatic rings. The first-order valence-corrected chi connectivity index (χ1v) is 4.67. The Kier molecular flexibility index (Phi) is 2.68. The zero-order valence-electron chi connectivity index (χ0n) is 7.64. The molecule has 0 fully saturated rings. The molecule has 15 heavy (non-hydrogen) atoms. The summed E-state index contributed by atoms with van der Waals surface area (Å²) in [5.41, 5.74) is 0.504. The quantitative estimate of drug-likeness (QED) is 0.669. The van der Waals surface area contributed by atoms with Crippen LogP contribution in [-0.4, -0.2) is 21.3 Å². The van der Waals surface area contributed by atoms with Gasteiger partial charge in [0.05, 0.1) is 11.8 Å². The minimum atomic E-state index is -0.255. The van der Waals surface area contributed by atoms with Crippen LogP contribution in [0.5, 0.6) is 0 Å². The number of amides is 1. The first kappa shape index (κ1) is 9.72. The van der Waals surface area contributed by atoms with Gasteiger partial charge in [-0.3, -0.25) is 4.79 Å². The van der Waals surface area contributed by atoms with Gasteiger partial charge in [0.2, 0.25) is 0 Å². The average molecular weight is 220 g/mol. The zero-order chi connectivity index (χ0) is 10.7. The molecule has 2 N–H and O–H groups in total. The number of benzene rings is 1. The highest BCUT2D eigenvalue weighted by atomic mass is 32.1. The molecule has 2 aromatic rings. The predicted molar refractivity (Wildman–Crippen MR) is 58.0 cm³/mol. The fourth-order valence-electron chi connectivity index (χ4n) is 1.11. The lowest BCUT2D eigenvalue weighted by molar-refractivity contribution is 0.102. The van der Waals surface area contributed by atoms with Gasteiger partial charge in [-0.05, 0) is 12.1 Å². The van der Waals surface area contributed by atoms with Crippen molar-refractivity contribution in [1.29, 1.82) is 0 Å². The summed E-state index contributed by atoms with van der Waals surface area (Å²) in [6, 6.07) is 7.03. The Morgan fingerprint density at radius 2 is 2.20 bits per heavy atom. The van der Waals surface area contributed by atoms with Gasteiger partial charge in [0, 0.05) is 4.90 Å². The van der Waals surface area contributed by atoms with Crippen molar-refractivity contribution < 1.29 is 4.79 Å². The second kappa shape index (κ2) is 4.14. The Labute approximate surface area is 91.3 Å². The van der Waals surface area contributed by atoms with Crippen LogP contribution in [0.4, 0.5) is 5.82 Å². The number of anilines is 1. The Balaban J connectivity index is 2.19. The number of thiol groups is 1. The summed E-state index contributed by atoms with van der Waals surface area (Å²) in [7, 11) is 0. The van der Waals surface area contributed by atoms with Gasteiger partial charge in [-0.2, -0.15) is 10.3 Å². The van der Waals surface area contributed by atoms with Gasteiger partial charge in [-0.15, -0.1) is 17.7 Å². The smallest absolute Gasteiger partial charge is 0.258 e. The van der Waals surface area contributed by atoms with E-state index in [1.54, 1.807) is 18.2 Å². The lowest BCUT2D eigenvalue weighted by atomic mass is 10.2. The van der Waals surface area contributed by atoms with Crippen molar-refractivity contribution in [3.8, 4) is 0 Å². The van der Waals surface area contributed by atoms with E-state index in [1.807, 2.05) is 6.07 Å². The van der Waals surface area contributed by atoms with Crippen LogP contribution in [0.2, 0.25) is 0 Å². The van der Waals surface area contributed by atoms with Crippen molar-refractivity contribution >= 4 is 24.4 Å². The van der Waals surface area contributed by atoms with Crippen LogP contribution in [0.15, 0.2) is 35.4 Å². The monoisotopic (exact) mass is 220 g/mol. The zero-order valence-corrected chi connectivity index (χ0v) is 8.53. The van der Waals surface area contributed by atoms with Crippen LogP contribution in [-0.2, 0) is 0 Å². The molecule has 0 bridgehead atoms. The van der Waals surface area contributed by atoms with E-state index in [0.29, 0.717) is 16.3 Å². The minimum Gasteiger partial charge on any atom is -0.304 e. The van der Waals surface area contributed by atoms with Crippen LogP contribution >= 0.6 is 12.6 Å². The molecule has 2 rings (SSSR count). The molecular weight excluding hydrogens is 212 g/mol. The van der Waals surface area contributed by atoms with Gasteiger partial charge in [-0.25, -0.2) is 0 Å². The lowest BCUT2D eigenvalue weighted by Crippen LogP contribution is -2.12. The third kappa shape index (κ3) is 2.16. The molecule has 76 valence electrons. The molecule has 0 saturated heterocycles. The highest BCUT2D eigenvalue weighted by Gasteiger charge is 2.09. The molecule has 6 heteroatoms. The highest BCUT2D eigenvalue weighted by Crippen LogP contribution is 2.14. The van der Waals surface area contributed by atoms with E-state index < -0.39 is 0 Å². The summed E-state index contributed by atoms with van der Waals surface area (Å²) in [5, 5.41) is 12.3. The number of carbonyl (C=O) groups excluding carboxylic acids is 1. The first-order chi connectivity index (χ1) is 7.27. The Hall–Kier alpha value is -1.82. The number of nitrogens with one attached hydrogen (secondary N) is 2. The molecule has 0 spiro atoms. The van der Waals surface area contributed by atoms with Gasteiger partial charge < -0.3 is 5.32 Å². The molecule has 1 amide bonds. The Bertz CT molecular complexity index is 469. The average Bonchev–Trinajstić information content (AvgIpc) is 2.71. The molecule has 0 unspecified atom stereocenters. The van der Waals surface area contributed by atoms with E-state index in [-0.39, 0.29) is 5.91 Å².